The minimum absolute atomic E-state index is 0.116. The molecule has 4 aromatic rings. The number of benzene rings is 3. The quantitative estimate of drug-likeness (QED) is 0.229. The summed E-state index contributed by atoms with van der Waals surface area (Å²) in [6.45, 7) is 4.20. The van der Waals surface area contributed by atoms with Crippen molar-refractivity contribution in [3.8, 4) is 11.5 Å². The van der Waals surface area contributed by atoms with Crippen molar-refractivity contribution in [1.29, 1.82) is 0 Å². The number of likely N-dealkylation sites (tertiary alicyclic amines) is 1. The standard InChI is InChI=1S/C31H33Cl2N3O3/c1-38-29-8-3-7-27-28(31(37)34-20-22-5-2-6-24(33)19-22)21-36(30(27)29)16-4-15-35-17-13-26(14-18-35)39-25-11-9-23(32)10-12-25/h2-3,5-12,19,21,26H,4,13-18,20H2,1H3,(H,34,37). The number of para-hydroxylation sites is 1. The maximum Gasteiger partial charge on any atom is 0.253 e. The monoisotopic (exact) mass is 565 g/mol. The molecular formula is C31H33Cl2N3O3. The summed E-state index contributed by atoms with van der Waals surface area (Å²) >= 11 is 12.1. The summed E-state index contributed by atoms with van der Waals surface area (Å²) in [6.07, 6.45) is 5.15. The van der Waals surface area contributed by atoms with Crippen molar-refractivity contribution >= 4 is 40.0 Å². The Morgan fingerprint density at radius 1 is 0.974 bits per heavy atom. The smallest absolute Gasteiger partial charge is 0.253 e. The second-order valence-corrected chi connectivity index (χ2v) is 10.7. The fourth-order valence-electron chi connectivity index (χ4n) is 5.19. The van der Waals surface area contributed by atoms with E-state index < -0.39 is 0 Å². The Kier molecular flexibility index (Phi) is 8.97. The van der Waals surface area contributed by atoms with Crippen LogP contribution in [0.5, 0.6) is 11.5 Å². The number of nitrogens with one attached hydrogen (secondary N) is 1. The first-order valence-electron chi connectivity index (χ1n) is 13.3. The molecular weight excluding hydrogens is 533 g/mol. The number of aromatic nitrogens is 1. The Morgan fingerprint density at radius 2 is 1.74 bits per heavy atom. The maximum absolute atomic E-state index is 13.2. The number of hydrogen-bond acceptors (Lipinski definition) is 4. The largest absolute Gasteiger partial charge is 0.495 e. The first-order chi connectivity index (χ1) is 19.0. The molecule has 0 atom stereocenters. The minimum Gasteiger partial charge on any atom is -0.495 e. The SMILES string of the molecule is COc1cccc2c(C(=O)NCc3cccc(Cl)c3)cn(CCCN3CCC(Oc4ccc(Cl)cc4)CC3)c12. The summed E-state index contributed by atoms with van der Waals surface area (Å²) in [5.41, 5.74) is 2.55. The van der Waals surface area contributed by atoms with E-state index in [2.05, 4.69) is 14.8 Å². The van der Waals surface area contributed by atoms with Gasteiger partial charge in [-0.3, -0.25) is 4.79 Å². The molecule has 3 aromatic carbocycles. The van der Waals surface area contributed by atoms with Gasteiger partial charge >= 0.3 is 0 Å². The topological polar surface area (TPSA) is 55.7 Å². The number of carbonyl (C=O) groups is 1. The zero-order chi connectivity index (χ0) is 27.2. The van der Waals surface area contributed by atoms with Crippen molar-refractivity contribution in [2.24, 2.45) is 0 Å². The Hall–Kier alpha value is -3.19. The van der Waals surface area contributed by atoms with Crippen molar-refractivity contribution in [2.75, 3.05) is 26.7 Å². The van der Waals surface area contributed by atoms with Gasteiger partial charge in [0.1, 0.15) is 17.6 Å². The van der Waals surface area contributed by atoms with Gasteiger partial charge < -0.3 is 24.3 Å². The number of ether oxygens (including phenoxy) is 2. The lowest BCUT2D eigenvalue weighted by Gasteiger charge is -2.32. The van der Waals surface area contributed by atoms with E-state index in [4.69, 9.17) is 32.7 Å². The molecule has 1 N–H and O–H groups in total. The second-order valence-electron chi connectivity index (χ2n) is 9.87. The zero-order valence-corrected chi connectivity index (χ0v) is 23.5. The zero-order valence-electron chi connectivity index (χ0n) is 22.0. The third kappa shape index (κ3) is 6.88. The summed E-state index contributed by atoms with van der Waals surface area (Å²) in [4.78, 5) is 15.7. The van der Waals surface area contributed by atoms with E-state index in [9.17, 15) is 4.79 Å². The van der Waals surface area contributed by atoms with Crippen molar-refractivity contribution in [3.05, 3.63) is 94.1 Å². The predicted molar refractivity (Wildman–Crippen MR) is 157 cm³/mol. The first kappa shape index (κ1) is 27.4. The van der Waals surface area contributed by atoms with E-state index in [1.54, 1.807) is 7.11 Å². The molecule has 5 rings (SSSR count). The molecule has 1 aromatic heterocycles. The number of aryl methyl sites for hydroxylation is 1. The molecule has 8 heteroatoms. The fraction of sp³-hybridized carbons (Fsp3) is 0.323. The average Bonchev–Trinajstić information content (AvgIpc) is 3.33. The van der Waals surface area contributed by atoms with E-state index in [1.807, 2.05) is 72.9 Å². The maximum atomic E-state index is 13.2. The van der Waals surface area contributed by atoms with Gasteiger partial charge in [0.15, 0.2) is 0 Å². The Morgan fingerprint density at radius 3 is 2.49 bits per heavy atom. The molecule has 0 unspecified atom stereocenters. The molecule has 0 bridgehead atoms. The lowest BCUT2D eigenvalue weighted by Crippen LogP contribution is -2.38. The number of amides is 1. The summed E-state index contributed by atoms with van der Waals surface area (Å²) in [7, 11) is 1.67. The van der Waals surface area contributed by atoms with Crippen molar-refractivity contribution in [2.45, 2.75) is 38.5 Å². The van der Waals surface area contributed by atoms with Crippen LogP contribution >= 0.6 is 23.2 Å². The number of nitrogens with zero attached hydrogens (tertiary/aromatic N) is 2. The van der Waals surface area contributed by atoms with Crippen LogP contribution in [-0.2, 0) is 13.1 Å². The molecule has 1 amide bonds. The van der Waals surface area contributed by atoms with Gasteiger partial charge in [-0.05, 0) is 73.8 Å². The van der Waals surface area contributed by atoms with Crippen molar-refractivity contribution in [1.82, 2.24) is 14.8 Å². The van der Waals surface area contributed by atoms with Gasteiger partial charge in [0.05, 0.1) is 18.2 Å². The summed E-state index contributed by atoms with van der Waals surface area (Å²) < 4.78 is 14.0. The fourth-order valence-corrected chi connectivity index (χ4v) is 5.53. The van der Waals surface area contributed by atoms with Gasteiger partial charge in [-0.2, -0.15) is 0 Å². The molecule has 0 aliphatic carbocycles. The van der Waals surface area contributed by atoms with E-state index in [0.717, 1.165) is 78.4 Å². The van der Waals surface area contributed by atoms with Gasteiger partial charge in [0.2, 0.25) is 0 Å². The van der Waals surface area contributed by atoms with E-state index in [0.29, 0.717) is 17.1 Å². The molecule has 2 heterocycles. The molecule has 204 valence electrons. The molecule has 0 radical (unpaired) electrons. The van der Waals surface area contributed by atoms with Crippen LogP contribution in [0.4, 0.5) is 0 Å². The molecule has 6 nitrogen and oxygen atoms in total. The molecule has 1 saturated heterocycles. The second kappa shape index (κ2) is 12.8. The van der Waals surface area contributed by atoms with Crippen molar-refractivity contribution < 1.29 is 14.3 Å². The summed E-state index contributed by atoms with van der Waals surface area (Å²) in [5.74, 6) is 1.52. The average molecular weight is 567 g/mol. The summed E-state index contributed by atoms with van der Waals surface area (Å²) in [5, 5.41) is 5.30. The number of rotatable bonds is 10. The Bertz CT molecular complexity index is 1410. The van der Waals surface area contributed by atoms with Crippen LogP contribution in [0.15, 0.2) is 72.9 Å². The van der Waals surface area contributed by atoms with Crippen LogP contribution in [0, 0.1) is 0 Å². The van der Waals surface area contributed by atoms with Gasteiger partial charge in [-0.15, -0.1) is 0 Å². The lowest BCUT2D eigenvalue weighted by molar-refractivity contribution is 0.0952. The molecule has 1 fully saturated rings. The molecule has 0 spiro atoms. The summed E-state index contributed by atoms with van der Waals surface area (Å²) in [6, 6.07) is 20.9. The van der Waals surface area contributed by atoms with Gasteiger partial charge in [0.25, 0.3) is 5.91 Å². The van der Waals surface area contributed by atoms with Crippen LogP contribution in [0.1, 0.15) is 35.2 Å². The normalized spacial score (nSPS) is 14.4. The Labute approximate surface area is 239 Å². The van der Waals surface area contributed by atoms with Crippen LogP contribution in [-0.4, -0.2) is 48.2 Å². The third-order valence-corrected chi connectivity index (χ3v) is 7.68. The predicted octanol–water partition coefficient (Wildman–Crippen LogP) is 6.82. The van der Waals surface area contributed by atoms with Crippen LogP contribution < -0.4 is 14.8 Å². The Balaban J connectivity index is 1.19. The van der Waals surface area contributed by atoms with Gasteiger partial charge in [-0.1, -0.05) is 47.5 Å². The highest BCUT2D eigenvalue weighted by atomic mass is 35.5. The van der Waals surface area contributed by atoms with Gasteiger partial charge in [-0.25, -0.2) is 0 Å². The van der Waals surface area contributed by atoms with E-state index in [1.165, 1.54) is 0 Å². The molecule has 1 aliphatic heterocycles. The minimum atomic E-state index is -0.116. The van der Waals surface area contributed by atoms with Gasteiger partial charge in [0, 0.05) is 47.8 Å². The molecule has 1 aliphatic rings. The van der Waals surface area contributed by atoms with E-state index in [-0.39, 0.29) is 12.0 Å². The van der Waals surface area contributed by atoms with Crippen LogP contribution in [0.2, 0.25) is 10.0 Å². The number of halogens is 2. The van der Waals surface area contributed by atoms with Crippen LogP contribution in [0.3, 0.4) is 0 Å². The molecule has 39 heavy (non-hydrogen) atoms. The lowest BCUT2D eigenvalue weighted by atomic mass is 10.1. The highest BCUT2D eigenvalue weighted by Gasteiger charge is 2.21. The van der Waals surface area contributed by atoms with Crippen molar-refractivity contribution in [3.63, 3.8) is 0 Å². The van der Waals surface area contributed by atoms with E-state index >= 15 is 0 Å². The number of hydrogen-bond donors (Lipinski definition) is 1. The number of fused-ring (bicyclic) bond motifs is 1. The highest BCUT2D eigenvalue weighted by molar-refractivity contribution is 6.30. The number of piperidine rings is 1. The van der Waals surface area contributed by atoms with Crippen LogP contribution in [0.25, 0.3) is 10.9 Å². The highest BCUT2D eigenvalue weighted by Crippen LogP contribution is 2.30. The first-order valence-corrected chi connectivity index (χ1v) is 14.1. The molecule has 0 saturated carbocycles. The number of methoxy groups -OCH3 is 1. The third-order valence-electron chi connectivity index (χ3n) is 7.19. The number of carbonyl (C=O) groups excluding carboxylic acids is 1.